The van der Waals surface area contributed by atoms with Gasteiger partial charge in [0, 0.05) is 18.8 Å². The largest absolute Gasteiger partial charge is 0.478 e. The molecule has 2 rings (SSSR count). The molecule has 6 heteroatoms. The maximum absolute atomic E-state index is 11.6. The average molecular weight is 249 g/mol. The van der Waals surface area contributed by atoms with Crippen LogP contribution in [0.4, 0.5) is 11.4 Å². The molecule has 0 aromatic heterocycles. The fourth-order valence-electron chi connectivity index (χ4n) is 2.08. The topological polar surface area (TPSA) is 95.7 Å². The molecule has 1 aliphatic rings. The SMILES string of the molecule is CC1C(=O)NCCN1c1cc(N)ccc1C(=O)O. The summed E-state index contributed by atoms with van der Waals surface area (Å²) in [5.41, 5.74) is 6.82. The molecule has 1 atom stereocenters. The third-order valence-electron chi connectivity index (χ3n) is 3.06. The number of nitrogens with zero attached hydrogens (tertiary/aromatic N) is 1. The fourth-order valence-corrected chi connectivity index (χ4v) is 2.08. The average Bonchev–Trinajstić information content (AvgIpc) is 2.32. The van der Waals surface area contributed by atoms with E-state index in [0.29, 0.717) is 24.5 Å². The summed E-state index contributed by atoms with van der Waals surface area (Å²) in [6.07, 6.45) is 0. The standard InChI is InChI=1S/C12H15N3O3/c1-7-11(16)14-4-5-15(7)10-6-8(13)2-3-9(10)12(17)18/h2-3,6-7H,4-5,13H2,1H3,(H,14,16)(H,17,18). The molecule has 4 N–H and O–H groups in total. The maximum Gasteiger partial charge on any atom is 0.337 e. The second kappa shape index (κ2) is 4.56. The van der Waals surface area contributed by atoms with Crippen LogP contribution in [-0.2, 0) is 4.79 Å². The zero-order chi connectivity index (χ0) is 13.3. The van der Waals surface area contributed by atoms with Gasteiger partial charge < -0.3 is 21.1 Å². The molecule has 1 amide bonds. The minimum atomic E-state index is -1.02. The Morgan fingerprint density at radius 1 is 1.56 bits per heavy atom. The van der Waals surface area contributed by atoms with Crippen LogP contribution in [0.5, 0.6) is 0 Å². The van der Waals surface area contributed by atoms with Crippen LogP contribution in [0.3, 0.4) is 0 Å². The maximum atomic E-state index is 11.6. The number of anilines is 2. The molecule has 18 heavy (non-hydrogen) atoms. The number of amides is 1. The molecule has 0 spiro atoms. The van der Waals surface area contributed by atoms with Gasteiger partial charge in [-0.05, 0) is 25.1 Å². The van der Waals surface area contributed by atoms with Crippen molar-refractivity contribution < 1.29 is 14.7 Å². The van der Waals surface area contributed by atoms with Crippen molar-refractivity contribution in [3.8, 4) is 0 Å². The van der Waals surface area contributed by atoms with Gasteiger partial charge in [-0.15, -0.1) is 0 Å². The summed E-state index contributed by atoms with van der Waals surface area (Å²) in [5, 5.41) is 11.9. The van der Waals surface area contributed by atoms with E-state index in [1.54, 1.807) is 24.0 Å². The van der Waals surface area contributed by atoms with Crippen molar-refractivity contribution in [1.82, 2.24) is 5.32 Å². The predicted molar refractivity (Wildman–Crippen MR) is 67.6 cm³/mol. The Bertz CT molecular complexity index is 501. The molecule has 1 aromatic carbocycles. The number of carboxylic acids is 1. The van der Waals surface area contributed by atoms with Gasteiger partial charge in [0.1, 0.15) is 6.04 Å². The Labute approximate surface area is 104 Å². The molecular weight excluding hydrogens is 234 g/mol. The molecule has 1 aromatic rings. The molecule has 1 unspecified atom stereocenters. The quantitative estimate of drug-likeness (QED) is 0.655. The number of carbonyl (C=O) groups excluding carboxylic acids is 1. The summed E-state index contributed by atoms with van der Waals surface area (Å²) >= 11 is 0. The number of piperazine rings is 1. The van der Waals surface area contributed by atoms with Crippen LogP contribution < -0.4 is 16.0 Å². The lowest BCUT2D eigenvalue weighted by Crippen LogP contribution is -2.54. The van der Waals surface area contributed by atoms with Gasteiger partial charge in [0.05, 0.1) is 11.3 Å². The van der Waals surface area contributed by atoms with E-state index < -0.39 is 12.0 Å². The van der Waals surface area contributed by atoms with Gasteiger partial charge in [-0.3, -0.25) is 4.79 Å². The van der Waals surface area contributed by atoms with Crippen LogP contribution >= 0.6 is 0 Å². The fraction of sp³-hybridized carbons (Fsp3) is 0.333. The van der Waals surface area contributed by atoms with Crippen molar-refractivity contribution in [2.24, 2.45) is 0 Å². The number of benzene rings is 1. The number of carbonyl (C=O) groups is 2. The number of rotatable bonds is 2. The zero-order valence-corrected chi connectivity index (χ0v) is 10.0. The molecule has 1 fully saturated rings. The van der Waals surface area contributed by atoms with Crippen molar-refractivity contribution in [1.29, 1.82) is 0 Å². The first-order valence-corrected chi connectivity index (χ1v) is 5.68. The van der Waals surface area contributed by atoms with E-state index in [2.05, 4.69) is 5.32 Å². The lowest BCUT2D eigenvalue weighted by Gasteiger charge is -2.35. The van der Waals surface area contributed by atoms with E-state index in [1.807, 2.05) is 0 Å². The Kier molecular flexibility index (Phi) is 3.10. The van der Waals surface area contributed by atoms with Gasteiger partial charge >= 0.3 is 5.97 Å². The molecule has 0 saturated carbocycles. The number of hydrogen-bond donors (Lipinski definition) is 3. The summed E-state index contributed by atoms with van der Waals surface area (Å²) < 4.78 is 0. The van der Waals surface area contributed by atoms with Gasteiger partial charge in [-0.2, -0.15) is 0 Å². The molecule has 1 aliphatic heterocycles. The molecule has 96 valence electrons. The number of nitrogens with two attached hydrogens (primary N) is 1. The van der Waals surface area contributed by atoms with Gasteiger partial charge in [0.15, 0.2) is 0 Å². The van der Waals surface area contributed by atoms with Gasteiger partial charge in [-0.1, -0.05) is 0 Å². The summed E-state index contributed by atoms with van der Waals surface area (Å²) in [6.45, 7) is 2.80. The summed E-state index contributed by atoms with van der Waals surface area (Å²) in [5.74, 6) is -1.14. The summed E-state index contributed by atoms with van der Waals surface area (Å²) in [7, 11) is 0. The van der Waals surface area contributed by atoms with E-state index in [9.17, 15) is 14.7 Å². The Hall–Kier alpha value is -2.24. The van der Waals surface area contributed by atoms with Crippen LogP contribution in [0, 0.1) is 0 Å². The number of nitrogens with one attached hydrogen (secondary N) is 1. The highest BCUT2D eigenvalue weighted by Crippen LogP contribution is 2.26. The second-order valence-corrected chi connectivity index (χ2v) is 4.24. The molecule has 0 aliphatic carbocycles. The zero-order valence-electron chi connectivity index (χ0n) is 10.0. The first kappa shape index (κ1) is 12.2. The molecule has 1 heterocycles. The van der Waals surface area contributed by atoms with Crippen LogP contribution in [0.1, 0.15) is 17.3 Å². The smallest absolute Gasteiger partial charge is 0.337 e. The van der Waals surface area contributed by atoms with E-state index in [-0.39, 0.29) is 11.5 Å². The summed E-state index contributed by atoms with van der Waals surface area (Å²) in [4.78, 5) is 24.6. The molecule has 0 radical (unpaired) electrons. The minimum absolute atomic E-state index is 0.111. The van der Waals surface area contributed by atoms with Crippen molar-refractivity contribution in [3.63, 3.8) is 0 Å². The molecule has 6 nitrogen and oxygen atoms in total. The Morgan fingerprint density at radius 3 is 2.94 bits per heavy atom. The first-order chi connectivity index (χ1) is 8.50. The molecule has 0 bridgehead atoms. The third-order valence-corrected chi connectivity index (χ3v) is 3.06. The van der Waals surface area contributed by atoms with Crippen molar-refractivity contribution in [2.75, 3.05) is 23.7 Å². The normalized spacial score (nSPS) is 19.5. The van der Waals surface area contributed by atoms with E-state index in [0.717, 1.165) is 0 Å². The highest BCUT2D eigenvalue weighted by Gasteiger charge is 2.28. The van der Waals surface area contributed by atoms with E-state index in [1.165, 1.54) is 6.07 Å². The van der Waals surface area contributed by atoms with E-state index in [4.69, 9.17) is 5.73 Å². The molecular formula is C12H15N3O3. The number of nitrogen functional groups attached to an aromatic ring is 1. The monoisotopic (exact) mass is 249 g/mol. The van der Waals surface area contributed by atoms with Crippen molar-refractivity contribution in [3.05, 3.63) is 23.8 Å². The number of hydrogen-bond acceptors (Lipinski definition) is 4. The number of aromatic carboxylic acids is 1. The van der Waals surface area contributed by atoms with Crippen LogP contribution in [-0.4, -0.2) is 36.1 Å². The third kappa shape index (κ3) is 2.09. The van der Waals surface area contributed by atoms with Gasteiger partial charge in [-0.25, -0.2) is 4.79 Å². The van der Waals surface area contributed by atoms with Crippen LogP contribution in [0.2, 0.25) is 0 Å². The van der Waals surface area contributed by atoms with Crippen molar-refractivity contribution >= 4 is 23.3 Å². The molecule has 1 saturated heterocycles. The Balaban J connectivity index is 2.45. The van der Waals surface area contributed by atoms with Crippen molar-refractivity contribution in [2.45, 2.75) is 13.0 Å². The Morgan fingerprint density at radius 2 is 2.28 bits per heavy atom. The highest BCUT2D eigenvalue weighted by molar-refractivity contribution is 5.97. The highest BCUT2D eigenvalue weighted by atomic mass is 16.4. The summed E-state index contributed by atoms with van der Waals surface area (Å²) in [6, 6.07) is 4.20. The van der Waals surface area contributed by atoms with Crippen LogP contribution in [0.15, 0.2) is 18.2 Å². The minimum Gasteiger partial charge on any atom is -0.478 e. The van der Waals surface area contributed by atoms with Crippen LogP contribution in [0.25, 0.3) is 0 Å². The van der Waals surface area contributed by atoms with Gasteiger partial charge in [0.2, 0.25) is 5.91 Å². The second-order valence-electron chi connectivity index (χ2n) is 4.24. The predicted octanol–water partition coefficient (Wildman–Crippen LogP) is 0.292. The first-order valence-electron chi connectivity index (χ1n) is 5.68. The van der Waals surface area contributed by atoms with E-state index >= 15 is 0 Å². The van der Waals surface area contributed by atoms with Gasteiger partial charge in [0.25, 0.3) is 0 Å². The number of carboxylic acid groups (broad SMARTS) is 1. The lowest BCUT2D eigenvalue weighted by molar-refractivity contribution is -0.122. The lowest BCUT2D eigenvalue weighted by atomic mass is 10.1.